The summed E-state index contributed by atoms with van der Waals surface area (Å²) in [5.41, 5.74) is 1.23. The standard InChI is InChI=1S/C14H17N5/c1-19(10-11-5-3-2-4-6-11)14-17-13(9-15-18-14)16-12-7-8-12/h2-6,9,12H,7-8,10H2,1H3,(H,16,17,18). The summed E-state index contributed by atoms with van der Waals surface area (Å²) in [7, 11) is 1.98. The van der Waals surface area contributed by atoms with E-state index in [0.717, 1.165) is 12.4 Å². The van der Waals surface area contributed by atoms with Crippen LogP contribution in [0.4, 0.5) is 11.8 Å². The summed E-state index contributed by atoms with van der Waals surface area (Å²) in [6, 6.07) is 10.8. The Labute approximate surface area is 112 Å². The molecule has 98 valence electrons. The van der Waals surface area contributed by atoms with E-state index in [1.165, 1.54) is 18.4 Å². The molecule has 5 heteroatoms. The highest BCUT2D eigenvalue weighted by atomic mass is 15.3. The Morgan fingerprint density at radius 1 is 1.26 bits per heavy atom. The van der Waals surface area contributed by atoms with Gasteiger partial charge in [-0.1, -0.05) is 30.3 Å². The highest BCUT2D eigenvalue weighted by Gasteiger charge is 2.21. The molecule has 0 spiro atoms. The maximum Gasteiger partial charge on any atom is 0.247 e. The fourth-order valence-electron chi connectivity index (χ4n) is 1.89. The quantitative estimate of drug-likeness (QED) is 0.886. The van der Waals surface area contributed by atoms with Gasteiger partial charge in [-0.25, -0.2) is 0 Å². The van der Waals surface area contributed by atoms with E-state index in [-0.39, 0.29) is 0 Å². The lowest BCUT2D eigenvalue weighted by Crippen LogP contribution is -2.20. The van der Waals surface area contributed by atoms with Gasteiger partial charge in [-0.2, -0.15) is 10.1 Å². The third kappa shape index (κ3) is 3.19. The van der Waals surface area contributed by atoms with E-state index in [9.17, 15) is 0 Å². The summed E-state index contributed by atoms with van der Waals surface area (Å²) in [4.78, 5) is 6.49. The monoisotopic (exact) mass is 255 g/mol. The second-order valence-electron chi connectivity index (χ2n) is 4.90. The molecule has 1 aromatic carbocycles. The van der Waals surface area contributed by atoms with Gasteiger partial charge in [-0.3, -0.25) is 0 Å². The predicted molar refractivity (Wildman–Crippen MR) is 75.0 cm³/mol. The van der Waals surface area contributed by atoms with Crippen LogP contribution in [0.15, 0.2) is 36.5 Å². The van der Waals surface area contributed by atoms with E-state index < -0.39 is 0 Å². The van der Waals surface area contributed by atoms with Crippen molar-refractivity contribution in [2.24, 2.45) is 0 Å². The lowest BCUT2D eigenvalue weighted by Gasteiger charge is -2.17. The molecule has 1 aromatic heterocycles. The molecule has 1 saturated carbocycles. The summed E-state index contributed by atoms with van der Waals surface area (Å²) in [5, 5.41) is 11.4. The normalized spacial score (nSPS) is 14.2. The molecule has 2 aromatic rings. The van der Waals surface area contributed by atoms with Crippen molar-refractivity contribution in [3.63, 3.8) is 0 Å². The van der Waals surface area contributed by atoms with Crippen LogP contribution in [0.5, 0.6) is 0 Å². The molecule has 0 bridgehead atoms. The molecular weight excluding hydrogens is 238 g/mol. The SMILES string of the molecule is CN(Cc1ccccc1)c1nncc(NC2CC2)n1. The van der Waals surface area contributed by atoms with Gasteiger partial charge < -0.3 is 10.2 Å². The van der Waals surface area contributed by atoms with Crippen molar-refractivity contribution in [1.82, 2.24) is 15.2 Å². The first-order chi connectivity index (χ1) is 9.31. The highest BCUT2D eigenvalue weighted by molar-refractivity contribution is 5.40. The molecule has 1 fully saturated rings. The van der Waals surface area contributed by atoms with Crippen molar-refractivity contribution < 1.29 is 0 Å². The van der Waals surface area contributed by atoms with E-state index in [0.29, 0.717) is 12.0 Å². The lowest BCUT2D eigenvalue weighted by atomic mass is 10.2. The van der Waals surface area contributed by atoms with Crippen molar-refractivity contribution in [2.45, 2.75) is 25.4 Å². The minimum Gasteiger partial charge on any atom is -0.366 e. The molecule has 1 aliphatic carbocycles. The molecule has 0 unspecified atom stereocenters. The largest absolute Gasteiger partial charge is 0.366 e. The zero-order chi connectivity index (χ0) is 13.1. The molecule has 0 radical (unpaired) electrons. The fourth-order valence-corrected chi connectivity index (χ4v) is 1.89. The average Bonchev–Trinajstić information content (AvgIpc) is 3.24. The molecule has 5 nitrogen and oxygen atoms in total. The fraction of sp³-hybridized carbons (Fsp3) is 0.357. The number of aromatic nitrogens is 3. The first kappa shape index (κ1) is 11.9. The van der Waals surface area contributed by atoms with Gasteiger partial charge in [0.2, 0.25) is 5.95 Å². The summed E-state index contributed by atoms with van der Waals surface area (Å²) in [6.45, 7) is 0.773. The van der Waals surface area contributed by atoms with Crippen molar-refractivity contribution in [3.05, 3.63) is 42.1 Å². The summed E-state index contributed by atoms with van der Waals surface area (Å²) < 4.78 is 0. The third-order valence-electron chi connectivity index (χ3n) is 3.08. The Bertz CT molecular complexity index is 539. The number of hydrogen-bond acceptors (Lipinski definition) is 5. The Hall–Kier alpha value is -2.17. The average molecular weight is 255 g/mol. The molecule has 0 amide bonds. The number of nitrogens with one attached hydrogen (secondary N) is 1. The highest BCUT2D eigenvalue weighted by Crippen LogP contribution is 2.23. The second kappa shape index (κ2) is 5.22. The van der Waals surface area contributed by atoms with Gasteiger partial charge in [-0.15, -0.1) is 5.10 Å². The lowest BCUT2D eigenvalue weighted by molar-refractivity contribution is 0.828. The molecule has 0 atom stereocenters. The third-order valence-corrected chi connectivity index (χ3v) is 3.08. The van der Waals surface area contributed by atoms with Gasteiger partial charge in [-0.05, 0) is 18.4 Å². The molecule has 0 aliphatic heterocycles. The van der Waals surface area contributed by atoms with Crippen LogP contribution in [0.2, 0.25) is 0 Å². The topological polar surface area (TPSA) is 53.9 Å². The van der Waals surface area contributed by atoms with Crippen molar-refractivity contribution in [1.29, 1.82) is 0 Å². The Balaban J connectivity index is 1.70. The maximum atomic E-state index is 4.49. The molecule has 19 heavy (non-hydrogen) atoms. The van der Waals surface area contributed by atoms with Crippen LogP contribution in [0.25, 0.3) is 0 Å². The number of anilines is 2. The van der Waals surface area contributed by atoms with Gasteiger partial charge in [0.15, 0.2) is 5.82 Å². The first-order valence-electron chi connectivity index (χ1n) is 6.52. The zero-order valence-electron chi connectivity index (χ0n) is 11.0. The molecule has 1 heterocycles. The van der Waals surface area contributed by atoms with Gasteiger partial charge in [0, 0.05) is 19.6 Å². The first-order valence-corrected chi connectivity index (χ1v) is 6.52. The van der Waals surface area contributed by atoms with Gasteiger partial charge in [0.1, 0.15) is 0 Å². The van der Waals surface area contributed by atoms with Crippen molar-refractivity contribution in [2.75, 3.05) is 17.3 Å². The minimum atomic E-state index is 0.573. The Morgan fingerprint density at radius 2 is 2.05 bits per heavy atom. The van der Waals surface area contributed by atoms with Crippen molar-refractivity contribution >= 4 is 11.8 Å². The van der Waals surface area contributed by atoms with E-state index in [1.54, 1.807) is 6.20 Å². The summed E-state index contributed by atoms with van der Waals surface area (Å²) in [5.74, 6) is 1.46. The summed E-state index contributed by atoms with van der Waals surface area (Å²) >= 11 is 0. The number of benzene rings is 1. The second-order valence-corrected chi connectivity index (χ2v) is 4.90. The molecule has 1 aliphatic rings. The number of rotatable bonds is 5. The van der Waals surface area contributed by atoms with Crippen LogP contribution in [0.1, 0.15) is 18.4 Å². The van der Waals surface area contributed by atoms with E-state index >= 15 is 0 Å². The van der Waals surface area contributed by atoms with Crippen molar-refractivity contribution in [3.8, 4) is 0 Å². The predicted octanol–water partition coefficient (Wildman–Crippen LogP) is 2.08. The van der Waals surface area contributed by atoms with Gasteiger partial charge in [0.05, 0.1) is 6.20 Å². The van der Waals surface area contributed by atoms with E-state index in [1.807, 2.05) is 30.1 Å². The Morgan fingerprint density at radius 3 is 2.79 bits per heavy atom. The molecule has 1 N–H and O–H groups in total. The van der Waals surface area contributed by atoms with Crippen LogP contribution < -0.4 is 10.2 Å². The van der Waals surface area contributed by atoms with E-state index in [4.69, 9.17) is 0 Å². The zero-order valence-corrected chi connectivity index (χ0v) is 11.0. The smallest absolute Gasteiger partial charge is 0.247 e. The Kier molecular flexibility index (Phi) is 3.27. The van der Waals surface area contributed by atoms with Crippen LogP contribution in [-0.4, -0.2) is 28.3 Å². The van der Waals surface area contributed by atoms with Gasteiger partial charge in [0.25, 0.3) is 0 Å². The van der Waals surface area contributed by atoms with Gasteiger partial charge >= 0.3 is 0 Å². The molecule has 0 saturated heterocycles. The van der Waals surface area contributed by atoms with Crippen LogP contribution in [0.3, 0.4) is 0 Å². The number of hydrogen-bond donors (Lipinski definition) is 1. The van der Waals surface area contributed by atoms with Crippen LogP contribution >= 0.6 is 0 Å². The molecule has 3 rings (SSSR count). The number of nitrogens with zero attached hydrogens (tertiary/aromatic N) is 4. The molecular formula is C14H17N5. The minimum absolute atomic E-state index is 0.573. The summed E-state index contributed by atoms with van der Waals surface area (Å²) in [6.07, 6.45) is 4.12. The van der Waals surface area contributed by atoms with E-state index in [2.05, 4.69) is 32.6 Å². The van der Waals surface area contributed by atoms with Crippen LogP contribution in [0, 0.1) is 0 Å². The maximum absolute atomic E-state index is 4.49. The van der Waals surface area contributed by atoms with Crippen LogP contribution in [-0.2, 0) is 6.54 Å².